The van der Waals surface area contributed by atoms with Gasteiger partial charge >= 0.3 is 6.01 Å². The smallest absolute Gasteiger partial charge is 0.319 e. The highest BCUT2D eigenvalue weighted by molar-refractivity contribution is 6.36. The highest BCUT2D eigenvalue weighted by Gasteiger charge is 2.49. The number of alkyl halides is 2. The number of carbonyl (C=O) groups is 1. The molecular formula is C37H39ClF3N7O2. The van der Waals surface area contributed by atoms with Crippen LogP contribution in [0.15, 0.2) is 54.7 Å². The Morgan fingerprint density at radius 1 is 1.14 bits per heavy atom. The molecule has 0 spiro atoms. The Kier molecular flexibility index (Phi) is 8.59. The van der Waals surface area contributed by atoms with E-state index in [0.29, 0.717) is 28.9 Å². The molecule has 4 aromatic rings. The average Bonchev–Trinajstić information content (AvgIpc) is 3.77. The first kappa shape index (κ1) is 33.2. The number of ether oxygens (including phenoxy) is 1. The second-order valence-electron chi connectivity index (χ2n) is 14.2. The van der Waals surface area contributed by atoms with Gasteiger partial charge in [0, 0.05) is 67.4 Å². The van der Waals surface area contributed by atoms with E-state index in [1.807, 2.05) is 37.4 Å². The summed E-state index contributed by atoms with van der Waals surface area (Å²) in [5.74, 6) is -0.731. The summed E-state index contributed by atoms with van der Waals surface area (Å²) >= 11 is 6.60. The maximum absolute atomic E-state index is 16.8. The fraction of sp³-hybridized carbons (Fsp3) is 0.459. The number of anilines is 1. The van der Waals surface area contributed by atoms with Crippen LogP contribution in [0, 0.1) is 5.82 Å². The van der Waals surface area contributed by atoms with E-state index in [-0.39, 0.29) is 60.1 Å². The van der Waals surface area contributed by atoms with Gasteiger partial charge in [0.25, 0.3) is 0 Å². The van der Waals surface area contributed by atoms with Crippen molar-refractivity contribution in [1.29, 1.82) is 0 Å². The number of benzene rings is 2. The average molecular weight is 706 g/mol. The van der Waals surface area contributed by atoms with Gasteiger partial charge in [0.15, 0.2) is 5.82 Å². The number of halogens is 4. The minimum Gasteiger partial charge on any atom is -0.461 e. The lowest BCUT2D eigenvalue weighted by atomic mass is 9.95. The Hall–Kier alpha value is -4.00. The third kappa shape index (κ3) is 5.75. The fourth-order valence-electron chi connectivity index (χ4n) is 8.21. The molecule has 4 fully saturated rings. The molecule has 0 N–H and O–H groups in total. The first-order valence-corrected chi connectivity index (χ1v) is 17.6. The summed E-state index contributed by atoms with van der Waals surface area (Å²) in [6, 6.07) is 10.3. The molecule has 0 bridgehead atoms. The number of amides is 1. The molecule has 0 aliphatic carbocycles. The second-order valence-corrected chi connectivity index (χ2v) is 14.6. The van der Waals surface area contributed by atoms with Gasteiger partial charge in [-0.1, -0.05) is 48.0 Å². The number of pyridine rings is 1. The van der Waals surface area contributed by atoms with Gasteiger partial charge < -0.3 is 14.5 Å². The monoisotopic (exact) mass is 705 g/mol. The van der Waals surface area contributed by atoms with Crippen LogP contribution < -0.4 is 9.64 Å². The van der Waals surface area contributed by atoms with Gasteiger partial charge in [0.2, 0.25) is 5.91 Å². The van der Waals surface area contributed by atoms with E-state index in [1.165, 1.54) is 17.2 Å². The van der Waals surface area contributed by atoms with Gasteiger partial charge in [0.05, 0.1) is 23.5 Å². The predicted octanol–water partition coefficient (Wildman–Crippen LogP) is 5.84. The Balaban J connectivity index is 1.16. The maximum atomic E-state index is 16.8. The number of nitrogens with zero attached hydrogens (tertiary/aromatic N) is 7. The minimum atomic E-state index is -1.39. The SMILES string of the molecule is CN1CC[C@H]1C=CC(=O)N1C[C@H](F)[C@@H](N(C)c2nc(OC[C@@]34CCCN3C[C@H](F)C4)nc3c(F)c(-c4cccc5cccc(Cl)c45)ncc23)C1. The first-order chi connectivity index (χ1) is 24.1. The van der Waals surface area contributed by atoms with Crippen molar-refractivity contribution in [2.75, 3.05) is 58.3 Å². The third-order valence-electron chi connectivity index (χ3n) is 11.2. The van der Waals surface area contributed by atoms with Gasteiger partial charge in [-0.05, 0) is 44.3 Å². The lowest BCUT2D eigenvalue weighted by molar-refractivity contribution is -0.125. The van der Waals surface area contributed by atoms with Crippen molar-refractivity contribution in [3.63, 3.8) is 0 Å². The molecule has 4 aliphatic rings. The zero-order valence-corrected chi connectivity index (χ0v) is 28.8. The minimum absolute atomic E-state index is 0.0460. The van der Waals surface area contributed by atoms with Crippen molar-refractivity contribution >= 4 is 45.0 Å². The molecule has 8 rings (SSSR count). The number of rotatable bonds is 8. The zero-order valence-electron chi connectivity index (χ0n) is 28.0. The molecule has 2 aromatic carbocycles. The third-order valence-corrected chi connectivity index (χ3v) is 11.5. The number of likely N-dealkylation sites (tertiary alicyclic amines) is 2. The van der Waals surface area contributed by atoms with Crippen molar-refractivity contribution in [1.82, 2.24) is 29.7 Å². The number of fused-ring (bicyclic) bond motifs is 3. The number of likely N-dealkylation sites (N-methyl/N-ethyl adjacent to an activating group) is 2. The first-order valence-electron chi connectivity index (χ1n) is 17.2. The largest absolute Gasteiger partial charge is 0.461 e. The van der Waals surface area contributed by atoms with Gasteiger partial charge in [0.1, 0.15) is 36.0 Å². The molecule has 4 saturated heterocycles. The second kappa shape index (κ2) is 13.0. The molecule has 50 heavy (non-hydrogen) atoms. The fourth-order valence-corrected chi connectivity index (χ4v) is 8.49. The Labute approximate surface area is 293 Å². The quantitative estimate of drug-likeness (QED) is 0.212. The Bertz CT molecular complexity index is 1990. The summed E-state index contributed by atoms with van der Waals surface area (Å²) in [7, 11) is 3.67. The zero-order chi connectivity index (χ0) is 34.7. The van der Waals surface area contributed by atoms with Crippen LogP contribution >= 0.6 is 11.6 Å². The van der Waals surface area contributed by atoms with Crippen LogP contribution in [0.25, 0.3) is 32.9 Å². The number of hydrogen-bond acceptors (Lipinski definition) is 8. The van der Waals surface area contributed by atoms with Gasteiger partial charge in [-0.3, -0.25) is 19.6 Å². The van der Waals surface area contributed by atoms with E-state index in [2.05, 4.69) is 19.8 Å². The molecule has 4 aliphatic heterocycles. The van der Waals surface area contributed by atoms with E-state index in [1.54, 1.807) is 24.1 Å². The Morgan fingerprint density at radius 3 is 2.74 bits per heavy atom. The Morgan fingerprint density at radius 2 is 1.96 bits per heavy atom. The molecule has 0 saturated carbocycles. The van der Waals surface area contributed by atoms with E-state index >= 15 is 8.78 Å². The summed E-state index contributed by atoms with van der Waals surface area (Å²) in [5, 5.41) is 2.21. The molecule has 262 valence electrons. The molecule has 5 atom stereocenters. The summed E-state index contributed by atoms with van der Waals surface area (Å²) < 4.78 is 53.4. The maximum Gasteiger partial charge on any atom is 0.319 e. The molecule has 1 amide bonds. The van der Waals surface area contributed by atoms with Gasteiger partial charge in [-0.15, -0.1) is 0 Å². The van der Waals surface area contributed by atoms with Crippen LogP contribution in [0.2, 0.25) is 5.02 Å². The van der Waals surface area contributed by atoms with Crippen molar-refractivity contribution in [2.45, 2.75) is 55.6 Å². The predicted molar refractivity (Wildman–Crippen MR) is 188 cm³/mol. The molecule has 2 aromatic heterocycles. The lowest BCUT2D eigenvalue weighted by Crippen LogP contribution is -2.43. The topological polar surface area (TPSA) is 77.9 Å². The van der Waals surface area contributed by atoms with Crippen molar-refractivity contribution < 1.29 is 22.7 Å². The summed E-state index contributed by atoms with van der Waals surface area (Å²) in [5.41, 5.74) is 0.0223. The van der Waals surface area contributed by atoms with E-state index in [0.717, 1.165) is 37.7 Å². The van der Waals surface area contributed by atoms with Gasteiger partial charge in [-0.25, -0.2) is 13.2 Å². The molecule has 0 unspecified atom stereocenters. The van der Waals surface area contributed by atoms with Crippen LogP contribution in [-0.2, 0) is 4.79 Å². The highest BCUT2D eigenvalue weighted by Crippen LogP contribution is 2.41. The van der Waals surface area contributed by atoms with Crippen molar-refractivity contribution in [2.24, 2.45) is 0 Å². The van der Waals surface area contributed by atoms with E-state index in [4.69, 9.17) is 21.3 Å². The molecule has 0 radical (unpaired) electrons. The standard InChI is InChI=1S/C37H39ClF3N7O2/c1-45-15-12-24(45)10-11-30(49)47-19-28(40)29(20-47)46(2)35-26-17-42-33(25-8-3-6-22-7-4-9-27(38)31(22)25)32(41)34(26)43-36(44-35)50-21-37-13-5-14-48(37)18-23(39)16-37/h3-4,6-11,17,23-24,28-29H,5,12-16,18-21H2,1-2H3/t23-,24-,28+,29+,37+/m1/s1. The van der Waals surface area contributed by atoms with Crippen LogP contribution in [0.5, 0.6) is 6.01 Å². The van der Waals surface area contributed by atoms with Crippen LogP contribution in [0.1, 0.15) is 25.7 Å². The van der Waals surface area contributed by atoms with Gasteiger partial charge in [-0.2, -0.15) is 9.97 Å². The van der Waals surface area contributed by atoms with Crippen molar-refractivity contribution in [3.05, 3.63) is 65.6 Å². The number of aromatic nitrogens is 3. The summed E-state index contributed by atoms with van der Waals surface area (Å²) in [6.45, 7) is 2.30. The van der Waals surface area contributed by atoms with Crippen molar-refractivity contribution in [3.8, 4) is 17.3 Å². The lowest BCUT2D eigenvalue weighted by Gasteiger charge is -2.35. The van der Waals surface area contributed by atoms with Crippen LogP contribution in [-0.4, -0.2) is 119 Å². The van der Waals surface area contributed by atoms with Crippen LogP contribution in [0.4, 0.5) is 19.0 Å². The molecular weight excluding hydrogens is 667 g/mol. The van der Waals surface area contributed by atoms with E-state index < -0.39 is 29.7 Å². The normalized spacial score (nSPS) is 27.0. The number of hydrogen-bond donors (Lipinski definition) is 0. The van der Waals surface area contributed by atoms with E-state index in [9.17, 15) is 9.18 Å². The van der Waals surface area contributed by atoms with Crippen LogP contribution in [0.3, 0.4) is 0 Å². The molecule has 6 heterocycles. The highest BCUT2D eigenvalue weighted by atomic mass is 35.5. The summed E-state index contributed by atoms with van der Waals surface area (Å²) in [6.07, 6.45) is 5.58. The molecule has 13 heteroatoms. The summed E-state index contributed by atoms with van der Waals surface area (Å²) in [4.78, 5) is 34.2. The molecule has 9 nitrogen and oxygen atoms in total. The number of carbonyl (C=O) groups excluding carboxylic acids is 1.